The molecular weight excluding hydrogens is 1390 g/mol. The van der Waals surface area contributed by atoms with E-state index in [1.54, 1.807) is 206 Å². The quantitative estimate of drug-likeness (QED) is 0.0235. The molecule has 3 aliphatic rings. The van der Waals surface area contributed by atoms with Crippen LogP contribution in [-0.2, 0) is 113 Å². The van der Waals surface area contributed by atoms with E-state index in [1.807, 2.05) is 0 Å². The summed E-state index contributed by atoms with van der Waals surface area (Å²) in [5.74, 6) is -7.91. The number of methoxy groups -OCH3 is 2. The monoisotopic (exact) mass is 1440 g/mol. The van der Waals surface area contributed by atoms with E-state index in [-0.39, 0.29) is 84.2 Å². The van der Waals surface area contributed by atoms with Crippen LogP contribution in [0.3, 0.4) is 0 Å². The van der Waals surface area contributed by atoms with Crippen molar-refractivity contribution in [2.24, 2.45) is 9.98 Å². The van der Waals surface area contributed by atoms with Crippen LogP contribution in [0.25, 0.3) is 33.1 Å². The summed E-state index contributed by atoms with van der Waals surface area (Å²) in [4.78, 5) is 111. The number of nitriles is 4. The van der Waals surface area contributed by atoms with E-state index < -0.39 is 103 Å². The summed E-state index contributed by atoms with van der Waals surface area (Å²) in [6.07, 6.45) is 3.02. The van der Waals surface area contributed by atoms with E-state index in [1.165, 1.54) is 38.5 Å². The average molecular weight is 1440 g/mol. The molecule has 4 aromatic heterocycles. The minimum atomic E-state index is -3.16. The first-order valence-electron chi connectivity index (χ1n) is 31.5. The molecule has 6 aromatic carbocycles. The lowest BCUT2D eigenvalue weighted by molar-refractivity contribution is -0.167. The maximum Gasteiger partial charge on any atom is 0.333 e. The van der Waals surface area contributed by atoms with Crippen LogP contribution in [0.5, 0.6) is 11.5 Å². The molecule has 0 fully saturated rings. The van der Waals surface area contributed by atoms with Gasteiger partial charge in [-0.05, 0) is 45.5 Å². The highest BCUT2D eigenvalue weighted by molar-refractivity contribution is 7.24. The van der Waals surface area contributed by atoms with Gasteiger partial charge in [0.15, 0.2) is 0 Å². The molecule has 0 radical (unpaired) electrons. The minimum absolute atomic E-state index is 0.0124. The molecule has 0 bridgehead atoms. The number of hydrogen-bond donors (Lipinski definition) is 0. The molecule has 4 heterocycles. The van der Waals surface area contributed by atoms with E-state index in [2.05, 4.69) is 9.98 Å². The number of aliphatic imine (C=N–C) groups is 2. The van der Waals surface area contributed by atoms with Gasteiger partial charge < -0.3 is 37.9 Å². The number of esters is 6. The first-order chi connectivity index (χ1) is 50.2. The van der Waals surface area contributed by atoms with Crippen LogP contribution in [-0.4, -0.2) is 61.5 Å². The predicted octanol–water partition coefficient (Wildman–Crippen LogP) is 14.5. The Morgan fingerprint density at radius 3 is 0.816 bits per heavy atom. The normalized spacial score (nSPS) is 13.3. The SMILES string of the molecule is COc1cc(N=C(C#N)C#N)sc1C1=Cc2sc3c(c2C1(C(=O)OCc1ccccc1)C(=O)OCc1ccccc1)C(C(=O)OCc1ccccc1)(C(=O)OCc1ccccc1)c1c-3sc2c1C(C(=O)OCc1ccccc1)(C(=O)OCc1ccccc1)C(c1sc(N=C(C#N)C#N)cc1OC)=C2. The van der Waals surface area contributed by atoms with Crippen LogP contribution in [0, 0.1) is 45.3 Å². The second-order valence-corrected chi connectivity index (χ2v) is 27.3. The molecule has 0 saturated carbocycles. The second-order valence-electron chi connectivity index (χ2n) is 23.2. The number of thiophene rings is 4. The Morgan fingerprint density at radius 1 is 0.340 bits per heavy atom. The number of carbonyl (C=O) groups excluding carboxylic acids is 6. The first-order valence-corrected chi connectivity index (χ1v) is 34.7. The third-order valence-electron chi connectivity index (χ3n) is 17.2. The molecule has 0 unspecified atom stereocenters. The summed E-state index contributed by atoms with van der Waals surface area (Å²) >= 11 is 3.54. The van der Waals surface area contributed by atoms with Crippen molar-refractivity contribution in [3.63, 3.8) is 0 Å². The number of nitrogens with zero attached hydrogens (tertiary/aromatic N) is 6. The molecule has 3 aliphatic carbocycles. The Bertz CT molecular complexity index is 4850. The van der Waals surface area contributed by atoms with Gasteiger partial charge in [-0.1, -0.05) is 182 Å². The Balaban J connectivity index is 1.16. The second kappa shape index (κ2) is 29.6. The number of rotatable bonds is 24. The highest BCUT2D eigenvalue weighted by Crippen LogP contribution is 2.70. The van der Waals surface area contributed by atoms with Gasteiger partial charge in [-0.3, -0.25) is 28.8 Å². The van der Waals surface area contributed by atoms with Crippen molar-refractivity contribution >= 4 is 126 Å². The molecule has 24 heteroatoms. The topological polar surface area (TPSA) is 296 Å². The summed E-state index contributed by atoms with van der Waals surface area (Å²) < 4.78 is 51.0. The van der Waals surface area contributed by atoms with Gasteiger partial charge in [0.25, 0.3) is 0 Å². The Morgan fingerprint density at radius 2 is 0.583 bits per heavy atom. The van der Waals surface area contributed by atoms with Gasteiger partial charge in [0.2, 0.25) is 27.7 Å². The zero-order valence-electron chi connectivity index (χ0n) is 54.4. The third-order valence-corrected chi connectivity index (χ3v) is 21.7. The van der Waals surface area contributed by atoms with E-state index in [4.69, 9.17) is 37.9 Å². The fourth-order valence-corrected chi connectivity index (χ4v) is 17.6. The summed E-state index contributed by atoms with van der Waals surface area (Å²) in [6.45, 7) is -2.89. The van der Waals surface area contributed by atoms with Crippen molar-refractivity contribution in [3.05, 3.63) is 269 Å². The number of benzene rings is 6. The van der Waals surface area contributed by atoms with Gasteiger partial charge in [-0.25, -0.2) is 9.98 Å². The summed E-state index contributed by atoms with van der Waals surface area (Å²) in [6, 6.07) is 61.2. The van der Waals surface area contributed by atoms with Crippen molar-refractivity contribution in [2.75, 3.05) is 14.2 Å². The lowest BCUT2D eigenvalue weighted by Gasteiger charge is -2.35. The van der Waals surface area contributed by atoms with Crippen molar-refractivity contribution in [1.82, 2.24) is 0 Å². The van der Waals surface area contributed by atoms with Gasteiger partial charge >= 0.3 is 35.8 Å². The van der Waals surface area contributed by atoms with E-state index >= 15 is 28.8 Å². The molecule has 0 saturated heterocycles. The van der Waals surface area contributed by atoms with Crippen LogP contribution in [0.2, 0.25) is 0 Å². The molecule has 0 N–H and O–H groups in total. The van der Waals surface area contributed by atoms with E-state index in [9.17, 15) is 21.0 Å². The van der Waals surface area contributed by atoms with Crippen molar-refractivity contribution in [3.8, 4) is 45.5 Å². The van der Waals surface area contributed by atoms with E-state index in [0.29, 0.717) is 33.4 Å². The van der Waals surface area contributed by atoms with Crippen LogP contribution in [0.1, 0.15) is 75.1 Å². The Labute approximate surface area is 604 Å². The van der Waals surface area contributed by atoms with Gasteiger partial charge in [-0.15, -0.1) is 45.3 Å². The predicted molar refractivity (Wildman–Crippen MR) is 383 cm³/mol. The summed E-state index contributed by atoms with van der Waals surface area (Å²) in [5.41, 5.74) is -9.11. The van der Waals surface area contributed by atoms with Crippen molar-refractivity contribution in [1.29, 1.82) is 21.0 Å². The average Bonchev–Trinajstić information content (AvgIpc) is 1.48. The number of carbonyl (C=O) groups is 6. The van der Waals surface area contributed by atoms with Gasteiger partial charge in [-0.2, -0.15) is 21.0 Å². The Hall–Kier alpha value is -12.7. The number of fused-ring (bicyclic) bond motifs is 7. The van der Waals surface area contributed by atoms with Crippen molar-refractivity contribution in [2.45, 2.75) is 55.9 Å². The fourth-order valence-electron chi connectivity index (χ4n) is 12.6. The van der Waals surface area contributed by atoms with Gasteiger partial charge in [0.05, 0.1) is 33.7 Å². The van der Waals surface area contributed by atoms with Crippen LogP contribution < -0.4 is 9.47 Å². The van der Waals surface area contributed by atoms with Crippen molar-refractivity contribution < 1.29 is 66.7 Å². The maximum absolute atomic E-state index is 17.3. The summed E-state index contributed by atoms with van der Waals surface area (Å²) in [7, 11) is 2.63. The molecule has 0 aliphatic heterocycles. The highest BCUT2D eigenvalue weighted by Gasteiger charge is 2.72. The molecule has 20 nitrogen and oxygen atoms in total. The zero-order valence-corrected chi connectivity index (χ0v) is 57.7. The minimum Gasteiger partial charge on any atom is -0.495 e. The molecule has 13 rings (SSSR count). The molecular formula is C79H52N6O14S4. The third kappa shape index (κ3) is 12.5. The molecule has 0 spiro atoms. The first kappa shape index (κ1) is 68.8. The lowest BCUT2D eigenvalue weighted by Crippen LogP contribution is -2.52. The molecule has 0 amide bonds. The van der Waals surface area contributed by atoms with Crippen LogP contribution >= 0.6 is 45.3 Å². The van der Waals surface area contributed by atoms with Gasteiger partial charge in [0.1, 0.15) is 85.4 Å². The fraction of sp³-hybridized carbons (Fsp3) is 0.139. The largest absolute Gasteiger partial charge is 0.495 e. The Kier molecular flexibility index (Phi) is 19.8. The number of ether oxygens (including phenoxy) is 8. The molecule has 506 valence electrons. The molecule has 0 atom stereocenters. The van der Waals surface area contributed by atoms with E-state index in [0.717, 1.165) is 45.3 Å². The van der Waals surface area contributed by atoms with Crippen LogP contribution in [0.4, 0.5) is 10.0 Å². The standard InChI is InChI=1S/C79H52N6O14S4/c1-92-57-35-61(84-53(37-80)38-81)102-67(57)55-33-59-63(77(55,71(86)94-41-47-21-9-3-10-22-47)72(87)95-42-48-23-11-4-12-24-48)65-69(100-59)70-66(79(65,75(90)98-45-51-29-17-7-18-30-51)76(91)99-46-52-31-19-8-20-32-52)64-60(101-70)34-56(68-58(93-2)36-62(103-68)85-54(39-82)40-83)78(64,73(88)96-43-49-25-13-5-14-26-49)74(89)97-44-50-27-15-6-16-28-50/h3-36H,41-46H2,1-2H3. The summed E-state index contributed by atoms with van der Waals surface area (Å²) in [5, 5.41) is 39.9. The highest BCUT2D eigenvalue weighted by atomic mass is 32.1. The smallest absolute Gasteiger partial charge is 0.333 e. The number of hydrogen-bond acceptors (Lipinski definition) is 24. The zero-order chi connectivity index (χ0) is 71.8. The van der Waals surface area contributed by atoms with Gasteiger partial charge in [0, 0.05) is 55.3 Å². The van der Waals surface area contributed by atoms with Crippen LogP contribution in [0.15, 0.2) is 204 Å². The molecule has 10 aromatic rings. The lowest BCUT2D eigenvalue weighted by atomic mass is 9.66. The molecule has 103 heavy (non-hydrogen) atoms. The maximum atomic E-state index is 17.3.